The molecule has 0 bridgehead atoms. The highest BCUT2D eigenvalue weighted by Crippen LogP contribution is 2.35. The van der Waals surface area contributed by atoms with Gasteiger partial charge in [0.2, 0.25) is 0 Å². The summed E-state index contributed by atoms with van der Waals surface area (Å²) in [5.41, 5.74) is 1.35. The molecule has 9 heteroatoms. The Morgan fingerprint density at radius 3 is 2.42 bits per heavy atom. The van der Waals surface area contributed by atoms with Crippen molar-refractivity contribution in [2.45, 2.75) is 18.9 Å². The molecule has 1 aromatic carbocycles. The third-order valence-electron chi connectivity index (χ3n) is 4.56. The van der Waals surface area contributed by atoms with Gasteiger partial charge in [0.1, 0.15) is 16.1 Å². The number of pyridine rings is 1. The number of aromatic nitrogens is 1. The van der Waals surface area contributed by atoms with Crippen LogP contribution in [0.25, 0.3) is 0 Å². The second-order valence-electron chi connectivity index (χ2n) is 6.53. The lowest BCUT2D eigenvalue weighted by atomic mass is 10.0. The number of aldehydes is 1. The van der Waals surface area contributed by atoms with Gasteiger partial charge in [-0.25, -0.2) is 4.98 Å². The summed E-state index contributed by atoms with van der Waals surface area (Å²) in [5, 5.41) is 0.866. The summed E-state index contributed by atoms with van der Waals surface area (Å²) in [5.74, 6) is 0.629. The van der Waals surface area contributed by atoms with Gasteiger partial charge in [0, 0.05) is 16.9 Å². The molecule has 0 amide bonds. The maximum Gasteiger partial charge on any atom is 0.311 e. The summed E-state index contributed by atoms with van der Waals surface area (Å²) in [4.78, 5) is 27.7. The van der Waals surface area contributed by atoms with Crippen LogP contribution in [0.2, 0.25) is 10.0 Å². The number of hydrogen-bond donors (Lipinski definition) is 0. The fraction of sp³-hybridized carbons (Fsp3) is 0.227. The number of aromatic amines is 1. The van der Waals surface area contributed by atoms with Gasteiger partial charge in [0.25, 0.3) is 0 Å². The number of halogens is 2. The van der Waals surface area contributed by atoms with E-state index in [1.165, 1.54) is 18.4 Å². The molecule has 2 aromatic heterocycles. The molecule has 3 aromatic rings. The van der Waals surface area contributed by atoms with Crippen LogP contribution in [0.1, 0.15) is 31.8 Å². The molecule has 31 heavy (non-hydrogen) atoms. The van der Waals surface area contributed by atoms with Gasteiger partial charge in [-0.15, -0.1) is 11.3 Å². The van der Waals surface area contributed by atoms with E-state index < -0.39 is 12.1 Å². The number of thiophene rings is 1. The average molecular weight is 481 g/mol. The van der Waals surface area contributed by atoms with Crippen LogP contribution in [0.4, 0.5) is 0 Å². The molecule has 2 heterocycles. The molecule has 0 unspecified atom stereocenters. The summed E-state index contributed by atoms with van der Waals surface area (Å²) in [6, 6.07) is 8.70. The molecule has 0 aliphatic carbocycles. The number of carbonyl (C=O) groups excluding carboxylic acids is 2. The highest BCUT2D eigenvalue weighted by atomic mass is 35.5. The van der Waals surface area contributed by atoms with Crippen LogP contribution in [0.5, 0.6) is 11.5 Å². The van der Waals surface area contributed by atoms with E-state index in [0.717, 1.165) is 11.2 Å². The van der Waals surface area contributed by atoms with Crippen LogP contribution >= 0.6 is 34.5 Å². The Hall–Kier alpha value is -2.61. The van der Waals surface area contributed by atoms with Crippen LogP contribution in [-0.2, 0) is 22.4 Å². The van der Waals surface area contributed by atoms with Crippen LogP contribution in [-0.4, -0.2) is 26.5 Å². The Kier molecular flexibility index (Phi) is 7.90. The van der Waals surface area contributed by atoms with Gasteiger partial charge in [-0.2, -0.15) is 0 Å². The van der Waals surface area contributed by atoms with E-state index >= 15 is 0 Å². The lowest BCUT2D eigenvalue weighted by Crippen LogP contribution is -2.16. The van der Waals surface area contributed by atoms with Crippen molar-refractivity contribution >= 4 is 46.8 Å². The Labute approximate surface area is 193 Å². The van der Waals surface area contributed by atoms with E-state index in [0.29, 0.717) is 37.5 Å². The van der Waals surface area contributed by atoms with Gasteiger partial charge in [-0.3, -0.25) is 9.59 Å². The van der Waals surface area contributed by atoms with Crippen molar-refractivity contribution in [1.29, 1.82) is 0 Å². The third-order valence-corrected chi connectivity index (χ3v) is 6.24. The summed E-state index contributed by atoms with van der Waals surface area (Å²) < 4.78 is 16.5. The Morgan fingerprint density at radius 2 is 1.81 bits per heavy atom. The van der Waals surface area contributed by atoms with Gasteiger partial charge in [-0.1, -0.05) is 29.3 Å². The first-order valence-corrected chi connectivity index (χ1v) is 10.8. The number of benzene rings is 1. The number of methoxy groups -OCH3 is 2. The predicted molar refractivity (Wildman–Crippen MR) is 119 cm³/mol. The fourth-order valence-electron chi connectivity index (χ4n) is 3.03. The minimum absolute atomic E-state index is 0.0479. The van der Waals surface area contributed by atoms with E-state index in [9.17, 15) is 9.59 Å². The van der Waals surface area contributed by atoms with Crippen molar-refractivity contribution in [3.8, 4) is 11.5 Å². The molecule has 162 valence electrons. The van der Waals surface area contributed by atoms with Gasteiger partial charge in [0.05, 0.1) is 25.5 Å². The number of esters is 1. The molecular weight excluding hydrogens is 461 g/mol. The fourth-order valence-corrected chi connectivity index (χ4v) is 4.38. The number of nitrogens with one attached hydrogen (secondary N) is 1. The maximum absolute atomic E-state index is 12.7. The SMILES string of the molecule is COc1ccc([C@H](Cc2c(Cl)c[nH+]cc2Cl)OC(=O)Cc2ccc(C=O)s2)cc1OC. The largest absolute Gasteiger partial charge is 0.493 e. The first kappa shape index (κ1) is 23.1. The molecule has 1 N–H and O–H groups in total. The van der Waals surface area contributed by atoms with Crippen LogP contribution in [0.3, 0.4) is 0 Å². The van der Waals surface area contributed by atoms with E-state index in [1.54, 1.807) is 49.8 Å². The zero-order chi connectivity index (χ0) is 22.4. The second-order valence-corrected chi connectivity index (χ2v) is 8.54. The number of hydrogen-bond acceptors (Lipinski definition) is 6. The van der Waals surface area contributed by atoms with E-state index in [-0.39, 0.29) is 12.8 Å². The molecule has 0 saturated heterocycles. The van der Waals surface area contributed by atoms with Crippen LogP contribution < -0.4 is 14.5 Å². The van der Waals surface area contributed by atoms with E-state index in [2.05, 4.69) is 4.98 Å². The second kappa shape index (κ2) is 10.6. The molecule has 3 rings (SSSR count). The highest BCUT2D eigenvalue weighted by Gasteiger charge is 2.23. The highest BCUT2D eigenvalue weighted by molar-refractivity contribution is 7.13. The molecule has 0 aliphatic rings. The first-order chi connectivity index (χ1) is 14.9. The van der Waals surface area contributed by atoms with Gasteiger partial charge in [-0.05, 0) is 29.8 Å². The molecule has 6 nitrogen and oxygen atoms in total. The molecule has 0 radical (unpaired) electrons. The standard InChI is InChI=1S/C22H19Cl2NO5S/c1-28-19-6-3-13(7-21(19)29-2)20(9-16-17(23)10-25-11-18(16)24)30-22(27)8-14-4-5-15(12-26)31-14/h3-7,10-12,20H,8-9H2,1-2H3/p+1/t20-/m0/s1. The molecule has 0 saturated carbocycles. The molecule has 0 spiro atoms. The lowest BCUT2D eigenvalue weighted by molar-refractivity contribution is -0.377. The smallest absolute Gasteiger partial charge is 0.311 e. The van der Waals surface area contributed by atoms with Gasteiger partial charge < -0.3 is 14.2 Å². The van der Waals surface area contributed by atoms with Crippen LogP contribution in [0.15, 0.2) is 42.7 Å². The van der Waals surface area contributed by atoms with Crippen molar-refractivity contribution < 1.29 is 28.8 Å². The molecular formula is C22H20Cl2NO5S+. The Morgan fingerprint density at radius 1 is 1.10 bits per heavy atom. The Bertz CT molecular complexity index is 1070. The van der Waals surface area contributed by atoms with E-state index in [4.69, 9.17) is 37.4 Å². The van der Waals surface area contributed by atoms with Crippen molar-refractivity contribution in [3.05, 3.63) is 73.7 Å². The molecule has 1 atom stereocenters. The van der Waals surface area contributed by atoms with Gasteiger partial charge in [0.15, 0.2) is 30.2 Å². The van der Waals surface area contributed by atoms with Gasteiger partial charge >= 0.3 is 5.97 Å². The first-order valence-electron chi connectivity index (χ1n) is 9.24. The van der Waals surface area contributed by atoms with Crippen molar-refractivity contribution in [3.63, 3.8) is 0 Å². The number of rotatable bonds is 9. The molecule has 0 fully saturated rings. The maximum atomic E-state index is 12.7. The van der Waals surface area contributed by atoms with Crippen molar-refractivity contribution in [1.82, 2.24) is 0 Å². The number of carbonyl (C=O) groups is 2. The quantitative estimate of drug-likeness (QED) is 0.325. The monoisotopic (exact) mass is 480 g/mol. The molecule has 0 aliphatic heterocycles. The zero-order valence-electron chi connectivity index (χ0n) is 16.8. The minimum Gasteiger partial charge on any atom is -0.493 e. The summed E-state index contributed by atoms with van der Waals surface area (Å²) >= 11 is 13.9. The topological polar surface area (TPSA) is 76.0 Å². The average Bonchev–Trinajstić information content (AvgIpc) is 3.22. The van der Waals surface area contributed by atoms with Crippen molar-refractivity contribution in [2.75, 3.05) is 14.2 Å². The normalized spacial score (nSPS) is 11.6. The van der Waals surface area contributed by atoms with Crippen molar-refractivity contribution in [2.24, 2.45) is 0 Å². The Balaban J connectivity index is 1.90. The zero-order valence-corrected chi connectivity index (χ0v) is 19.1. The summed E-state index contributed by atoms with van der Waals surface area (Å²) in [7, 11) is 3.08. The van der Waals surface area contributed by atoms with Crippen LogP contribution in [0, 0.1) is 0 Å². The minimum atomic E-state index is -0.671. The van der Waals surface area contributed by atoms with E-state index in [1.807, 2.05) is 0 Å². The lowest BCUT2D eigenvalue weighted by Gasteiger charge is -2.20. The summed E-state index contributed by atoms with van der Waals surface area (Å²) in [6.07, 6.45) is 3.62. The summed E-state index contributed by atoms with van der Waals surface area (Å²) in [6.45, 7) is 0. The predicted octanol–water partition coefficient (Wildman–Crippen LogP) is 4.77. The number of H-pyrrole nitrogens is 1. The number of ether oxygens (including phenoxy) is 3. The third kappa shape index (κ3) is 5.76.